The van der Waals surface area contributed by atoms with Gasteiger partial charge in [-0.25, -0.2) is 0 Å². The van der Waals surface area contributed by atoms with E-state index in [9.17, 15) is 9.59 Å². The highest BCUT2D eigenvalue weighted by Gasteiger charge is 2.09. The topological polar surface area (TPSA) is 107 Å². The molecule has 162 valence electrons. The van der Waals surface area contributed by atoms with Gasteiger partial charge >= 0.3 is 0 Å². The molecule has 0 radical (unpaired) electrons. The fourth-order valence-electron chi connectivity index (χ4n) is 2.49. The highest BCUT2D eigenvalue weighted by Crippen LogP contribution is 2.20. The number of carbonyl (C=O) groups excluding carboxylic acids is 2. The lowest BCUT2D eigenvalue weighted by molar-refractivity contribution is -0.123. The van der Waals surface area contributed by atoms with E-state index in [0.717, 1.165) is 16.5 Å². The van der Waals surface area contributed by atoms with Gasteiger partial charge in [0.2, 0.25) is 0 Å². The smallest absolute Gasteiger partial charge is 0.276 e. The molecule has 0 unspecified atom stereocenters. The molecule has 0 aliphatic carbocycles. The molecule has 0 spiro atoms. The number of hydrazine groups is 1. The Morgan fingerprint density at radius 1 is 1.00 bits per heavy atom. The summed E-state index contributed by atoms with van der Waals surface area (Å²) in [5, 5.41) is 8.67. The second kappa shape index (κ2) is 11.0. The first kappa shape index (κ1) is 22.2. The Hall–Kier alpha value is -3.53. The molecule has 1 aromatic heterocycles. The number of thioether (sulfide) groups is 1. The maximum atomic E-state index is 12.2. The lowest BCUT2D eigenvalue weighted by Crippen LogP contribution is -2.43. The minimum Gasteiger partial charge on any atom is -0.494 e. The van der Waals surface area contributed by atoms with Gasteiger partial charge in [-0.2, -0.15) is 0 Å². The number of hydrogen-bond donors (Lipinski definition) is 2. The quantitative estimate of drug-likeness (QED) is 0.388. The van der Waals surface area contributed by atoms with Crippen molar-refractivity contribution < 1.29 is 19.1 Å². The van der Waals surface area contributed by atoms with Crippen LogP contribution in [0.1, 0.15) is 22.8 Å². The average Bonchev–Trinajstić information content (AvgIpc) is 3.20. The molecule has 0 saturated carbocycles. The Labute approximate surface area is 184 Å². The van der Waals surface area contributed by atoms with Crippen LogP contribution in [0.25, 0.3) is 0 Å². The number of aromatic nitrogens is 3. The van der Waals surface area contributed by atoms with Gasteiger partial charge in [0.25, 0.3) is 11.8 Å². The normalized spacial score (nSPS) is 10.4. The van der Waals surface area contributed by atoms with Crippen LogP contribution in [0.5, 0.6) is 11.5 Å². The number of amides is 2. The van der Waals surface area contributed by atoms with Crippen LogP contribution in [0.2, 0.25) is 0 Å². The van der Waals surface area contributed by atoms with Gasteiger partial charge in [-0.3, -0.25) is 20.4 Å². The van der Waals surface area contributed by atoms with E-state index in [-0.39, 0.29) is 6.61 Å². The Bertz CT molecular complexity index is 1010. The number of hydrogen-bond acceptors (Lipinski definition) is 7. The second-order valence-corrected chi connectivity index (χ2v) is 7.35. The second-order valence-electron chi connectivity index (χ2n) is 6.41. The van der Waals surface area contributed by atoms with Crippen molar-refractivity contribution in [2.45, 2.75) is 17.8 Å². The van der Waals surface area contributed by atoms with Crippen LogP contribution in [-0.2, 0) is 17.6 Å². The van der Waals surface area contributed by atoms with Gasteiger partial charge in [-0.05, 0) is 48.9 Å². The molecule has 3 rings (SSSR count). The zero-order valence-electron chi connectivity index (χ0n) is 17.2. The summed E-state index contributed by atoms with van der Waals surface area (Å²) in [7, 11) is 1.88. The molecule has 0 atom stereocenters. The number of benzene rings is 2. The Kier molecular flexibility index (Phi) is 7.88. The van der Waals surface area contributed by atoms with Crippen molar-refractivity contribution in [2.75, 3.05) is 13.2 Å². The van der Waals surface area contributed by atoms with Gasteiger partial charge in [0.15, 0.2) is 11.8 Å². The van der Waals surface area contributed by atoms with Crippen molar-refractivity contribution in [1.82, 2.24) is 25.6 Å². The van der Waals surface area contributed by atoms with Crippen molar-refractivity contribution >= 4 is 23.6 Å². The minimum absolute atomic E-state index is 0.230. The maximum absolute atomic E-state index is 12.2. The van der Waals surface area contributed by atoms with Crippen LogP contribution in [0.3, 0.4) is 0 Å². The lowest BCUT2D eigenvalue weighted by atomic mass is 10.1. The molecule has 0 fully saturated rings. The van der Waals surface area contributed by atoms with Gasteiger partial charge in [0.1, 0.15) is 17.8 Å². The summed E-state index contributed by atoms with van der Waals surface area (Å²) >= 11 is 1.55. The summed E-state index contributed by atoms with van der Waals surface area (Å²) in [5.74, 6) is 1.07. The highest BCUT2D eigenvalue weighted by molar-refractivity contribution is 7.98. The van der Waals surface area contributed by atoms with Gasteiger partial charge in [0.05, 0.1) is 6.61 Å². The molecule has 2 aromatic carbocycles. The monoisotopic (exact) mass is 441 g/mol. The summed E-state index contributed by atoms with van der Waals surface area (Å²) < 4.78 is 12.6. The lowest BCUT2D eigenvalue weighted by Gasteiger charge is -2.10. The summed E-state index contributed by atoms with van der Waals surface area (Å²) in [4.78, 5) is 24.1. The number of nitrogens with one attached hydrogen (secondary N) is 2. The molecule has 0 bridgehead atoms. The van der Waals surface area contributed by atoms with E-state index in [1.807, 2.05) is 30.7 Å². The molecule has 2 amide bonds. The molecule has 31 heavy (non-hydrogen) atoms. The Balaban J connectivity index is 1.40. The predicted molar refractivity (Wildman–Crippen MR) is 116 cm³/mol. The third-order valence-electron chi connectivity index (χ3n) is 4.07. The van der Waals surface area contributed by atoms with E-state index in [2.05, 4.69) is 21.0 Å². The highest BCUT2D eigenvalue weighted by atomic mass is 32.2. The van der Waals surface area contributed by atoms with E-state index >= 15 is 0 Å². The maximum Gasteiger partial charge on any atom is 0.276 e. The van der Waals surface area contributed by atoms with E-state index < -0.39 is 11.8 Å². The van der Waals surface area contributed by atoms with E-state index in [1.54, 1.807) is 54.5 Å². The largest absolute Gasteiger partial charge is 0.494 e. The fourth-order valence-corrected chi connectivity index (χ4v) is 3.33. The molecule has 2 N–H and O–H groups in total. The standard InChI is InChI=1S/C21H23N5O4S/c1-3-29-17-8-10-18(11-9-17)30-12-19(27)23-24-20(28)16-6-4-15(5-7-16)13-31-21-25-22-14-26(21)2/h4-11,14H,3,12-13H2,1-2H3,(H,23,27)(H,24,28). The molecule has 9 nitrogen and oxygen atoms in total. The zero-order chi connectivity index (χ0) is 22.1. The third-order valence-corrected chi connectivity index (χ3v) is 5.18. The first-order valence-corrected chi connectivity index (χ1v) is 10.5. The van der Waals surface area contributed by atoms with Crippen molar-refractivity contribution in [2.24, 2.45) is 7.05 Å². The van der Waals surface area contributed by atoms with Gasteiger partial charge in [0, 0.05) is 18.4 Å². The summed E-state index contributed by atoms with van der Waals surface area (Å²) in [6.45, 7) is 2.25. The predicted octanol–water partition coefficient (Wildman–Crippen LogP) is 2.35. The molecule has 3 aromatic rings. The number of rotatable bonds is 9. The van der Waals surface area contributed by atoms with Gasteiger partial charge in [-0.15, -0.1) is 10.2 Å². The minimum atomic E-state index is -0.473. The number of carbonyl (C=O) groups is 2. The van der Waals surface area contributed by atoms with E-state index in [4.69, 9.17) is 9.47 Å². The Morgan fingerprint density at radius 2 is 1.68 bits per heavy atom. The van der Waals surface area contributed by atoms with Crippen molar-refractivity contribution in [3.05, 3.63) is 66.0 Å². The van der Waals surface area contributed by atoms with E-state index in [1.165, 1.54) is 0 Å². The molecule has 10 heteroatoms. The molecular formula is C21H23N5O4S. The summed E-state index contributed by atoms with van der Waals surface area (Å²) in [6.07, 6.45) is 1.65. The van der Waals surface area contributed by atoms with Crippen molar-refractivity contribution in [3.63, 3.8) is 0 Å². The number of nitrogens with zero attached hydrogens (tertiary/aromatic N) is 3. The zero-order valence-corrected chi connectivity index (χ0v) is 18.0. The SMILES string of the molecule is CCOc1ccc(OCC(=O)NNC(=O)c2ccc(CSc3nncn3C)cc2)cc1. The third kappa shape index (κ3) is 6.75. The summed E-state index contributed by atoms with van der Waals surface area (Å²) in [5.41, 5.74) is 6.18. The molecule has 0 aliphatic rings. The average molecular weight is 442 g/mol. The van der Waals surface area contributed by atoms with E-state index in [0.29, 0.717) is 23.7 Å². The van der Waals surface area contributed by atoms with Crippen LogP contribution in [0.4, 0.5) is 0 Å². The molecule has 0 saturated heterocycles. The molecule has 0 aliphatic heterocycles. The first-order valence-electron chi connectivity index (χ1n) is 9.55. The van der Waals surface area contributed by atoms with Gasteiger partial charge < -0.3 is 14.0 Å². The van der Waals surface area contributed by atoms with Crippen molar-refractivity contribution in [1.29, 1.82) is 0 Å². The number of aryl methyl sites for hydroxylation is 1. The van der Waals surface area contributed by atoms with Crippen LogP contribution < -0.4 is 20.3 Å². The Morgan fingerprint density at radius 3 is 2.29 bits per heavy atom. The molecular weight excluding hydrogens is 418 g/mol. The summed E-state index contributed by atoms with van der Waals surface area (Å²) in [6, 6.07) is 14.0. The van der Waals surface area contributed by atoms with Crippen LogP contribution in [0, 0.1) is 0 Å². The number of ether oxygens (including phenoxy) is 2. The van der Waals surface area contributed by atoms with Crippen LogP contribution in [0.15, 0.2) is 60.0 Å². The fraction of sp³-hybridized carbons (Fsp3) is 0.238. The van der Waals surface area contributed by atoms with Crippen LogP contribution in [-0.4, -0.2) is 39.8 Å². The first-order chi connectivity index (χ1) is 15.0. The molecule has 1 heterocycles. The van der Waals surface area contributed by atoms with Crippen molar-refractivity contribution in [3.8, 4) is 11.5 Å². The van der Waals surface area contributed by atoms with Crippen LogP contribution >= 0.6 is 11.8 Å². The van der Waals surface area contributed by atoms with Gasteiger partial charge in [-0.1, -0.05) is 23.9 Å².